The van der Waals surface area contributed by atoms with Crippen LogP contribution < -0.4 is 10.6 Å². The Labute approximate surface area is 115 Å². The first kappa shape index (κ1) is 14.3. The van der Waals surface area contributed by atoms with E-state index in [2.05, 4.69) is 10.6 Å². The summed E-state index contributed by atoms with van der Waals surface area (Å²) in [7, 11) is 0. The summed E-state index contributed by atoms with van der Waals surface area (Å²) in [5.41, 5.74) is -0.304. The van der Waals surface area contributed by atoms with Crippen LogP contribution in [-0.2, 0) is 9.59 Å². The molecule has 0 aromatic rings. The molecule has 2 aliphatic heterocycles. The molecule has 2 aliphatic rings. The molecule has 0 saturated carbocycles. The van der Waals surface area contributed by atoms with Gasteiger partial charge in [0.05, 0.1) is 5.41 Å². The first-order valence-corrected chi connectivity index (χ1v) is 7.31. The summed E-state index contributed by atoms with van der Waals surface area (Å²) in [6.45, 7) is 7.20. The Kier molecular flexibility index (Phi) is 4.45. The maximum Gasteiger partial charge on any atom is 0.227 e. The Hall–Kier alpha value is -1.10. The molecule has 5 nitrogen and oxygen atoms in total. The van der Waals surface area contributed by atoms with Gasteiger partial charge in [-0.25, -0.2) is 0 Å². The van der Waals surface area contributed by atoms with Gasteiger partial charge in [0.15, 0.2) is 0 Å². The first-order chi connectivity index (χ1) is 9.01. The molecular formula is C14H25N3O2. The zero-order valence-electron chi connectivity index (χ0n) is 12.0. The van der Waals surface area contributed by atoms with Crippen LogP contribution in [0.1, 0.15) is 39.5 Å². The molecule has 0 radical (unpaired) electrons. The first-order valence-electron chi connectivity index (χ1n) is 7.31. The molecule has 0 aromatic carbocycles. The van der Waals surface area contributed by atoms with Gasteiger partial charge < -0.3 is 15.5 Å². The van der Waals surface area contributed by atoms with E-state index in [1.807, 2.05) is 18.7 Å². The highest BCUT2D eigenvalue weighted by Crippen LogP contribution is 2.25. The van der Waals surface area contributed by atoms with Crippen molar-refractivity contribution in [1.29, 1.82) is 0 Å². The van der Waals surface area contributed by atoms with Gasteiger partial charge in [-0.1, -0.05) is 0 Å². The lowest BCUT2D eigenvalue weighted by Gasteiger charge is -2.34. The van der Waals surface area contributed by atoms with Crippen LogP contribution in [0.25, 0.3) is 0 Å². The Morgan fingerprint density at radius 1 is 1.53 bits per heavy atom. The average Bonchev–Trinajstić information content (AvgIpc) is 2.76. The van der Waals surface area contributed by atoms with E-state index in [0.29, 0.717) is 13.0 Å². The average molecular weight is 267 g/mol. The maximum absolute atomic E-state index is 12.3. The van der Waals surface area contributed by atoms with Gasteiger partial charge in [0.1, 0.15) is 0 Å². The molecule has 2 N–H and O–H groups in total. The minimum Gasteiger partial charge on any atom is -0.351 e. The van der Waals surface area contributed by atoms with Crippen LogP contribution in [-0.4, -0.2) is 48.9 Å². The topological polar surface area (TPSA) is 61.4 Å². The summed E-state index contributed by atoms with van der Waals surface area (Å²) in [5, 5.41) is 6.35. The second-order valence-corrected chi connectivity index (χ2v) is 6.16. The standard InChI is InChI=1S/C14H25N3O2/c1-11(9-17-8-3-5-12(17)18)16-13(19)14(2)6-4-7-15-10-14/h11,15H,3-10H2,1-2H3,(H,16,19). The van der Waals surface area contributed by atoms with Crippen molar-refractivity contribution < 1.29 is 9.59 Å². The lowest BCUT2D eigenvalue weighted by molar-refractivity contribution is -0.133. The van der Waals surface area contributed by atoms with Gasteiger partial charge in [-0.15, -0.1) is 0 Å². The summed E-state index contributed by atoms with van der Waals surface area (Å²) in [6, 6.07) is 0.0216. The van der Waals surface area contributed by atoms with E-state index in [0.717, 1.165) is 38.9 Å². The minimum absolute atomic E-state index is 0.0216. The molecule has 0 bridgehead atoms. The number of hydrogen-bond donors (Lipinski definition) is 2. The lowest BCUT2D eigenvalue weighted by atomic mass is 9.82. The molecule has 2 rings (SSSR count). The third kappa shape index (κ3) is 3.47. The Balaban J connectivity index is 1.82. The fourth-order valence-corrected chi connectivity index (χ4v) is 2.92. The number of carbonyl (C=O) groups is 2. The largest absolute Gasteiger partial charge is 0.351 e. The number of piperidine rings is 1. The van der Waals surface area contributed by atoms with Gasteiger partial charge in [0.25, 0.3) is 0 Å². The van der Waals surface area contributed by atoms with Crippen molar-refractivity contribution in [2.45, 2.75) is 45.6 Å². The number of nitrogens with one attached hydrogen (secondary N) is 2. The van der Waals surface area contributed by atoms with E-state index in [-0.39, 0.29) is 23.3 Å². The molecule has 2 saturated heterocycles. The van der Waals surface area contributed by atoms with Gasteiger partial charge in [0.2, 0.25) is 11.8 Å². The normalized spacial score (nSPS) is 29.4. The van der Waals surface area contributed by atoms with Gasteiger partial charge >= 0.3 is 0 Å². The zero-order valence-corrected chi connectivity index (χ0v) is 12.0. The molecule has 19 heavy (non-hydrogen) atoms. The summed E-state index contributed by atoms with van der Waals surface area (Å²) >= 11 is 0. The van der Waals surface area contributed by atoms with E-state index >= 15 is 0 Å². The van der Waals surface area contributed by atoms with Crippen LogP contribution in [0.5, 0.6) is 0 Å². The minimum atomic E-state index is -0.304. The summed E-state index contributed by atoms with van der Waals surface area (Å²) < 4.78 is 0. The number of rotatable bonds is 4. The van der Waals surface area contributed by atoms with Crippen molar-refractivity contribution in [3.05, 3.63) is 0 Å². The van der Waals surface area contributed by atoms with Crippen LogP contribution in [0.3, 0.4) is 0 Å². The molecule has 2 unspecified atom stereocenters. The molecule has 2 atom stereocenters. The quantitative estimate of drug-likeness (QED) is 0.780. The summed E-state index contributed by atoms with van der Waals surface area (Å²) in [6.07, 6.45) is 3.58. The molecular weight excluding hydrogens is 242 g/mol. The van der Waals surface area contributed by atoms with E-state index in [9.17, 15) is 9.59 Å². The monoisotopic (exact) mass is 267 g/mol. The van der Waals surface area contributed by atoms with Crippen molar-refractivity contribution in [1.82, 2.24) is 15.5 Å². The van der Waals surface area contributed by atoms with Crippen LogP contribution >= 0.6 is 0 Å². The van der Waals surface area contributed by atoms with Gasteiger partial charge in [0, 0.05) is 32.1 Å². The van der Waals surface area contributed by atoms with E-state index in [4.69, 9.17) is 0 Å². The van der Waals surface area contributed by atoms with E-state index in [1.165, 1.54) is 0 Å². The predicted molar refractivity (Wildman–Crippen MR) is 73.6 cm³/mol. The van der Waals surface area contributed by atoms with E-state index in [1.54, 1.807) is 0 Å². The Bertz CT molecular complexity index is 351. The number of likely N-dealkylation sites (tertiary alicyclic amines) is 1. The van der Waals surface area contributed by atoms with Crippen molar-refractivity contribution in [2.24, 2.45) is 5.41 Å². The molecule has 2 fully saturated rings. The highest BCUT2D eigenvalue weighted by atomic mass is 16.2. The number of carbonyl (C=O) groups excluding carboxylic acids is 2. The molecule has 108 valence electrons. The molecule has 5 heteroatoms. The number of hydrogen-bond acceptors (Lipinski definition) is 3. The predicted octanol–water partition coefficient (Wildman–Crippen LogP) is 0.503. The summed E-state index contributed by atoms with van der Waals surface area (Å²) in [4.78, 5) is 25.7. The second-order valence-electron chi connectivity index (χ2n) is 6.16. The third-order valence-corrected chi connectivity index (χ3v) is 4.19. The van der Waals surface area contributed by atoms with Crippen molar-refractivity contribution >= 4 is 11.8 Å². The lowest BCUT2D eigenvalue weighted by Crippen LogP contribution is -2.52. The molecule has 0 aromatic heterocycles. The highest BCUT2D eigenvalue weighted by Gasteiger charge is 2.35. The number of amides is 2. The van der Waals surface area contributed by atoms with Crippen molar-refractivity contribution in [3.63, 3.8) is 0 Å². The van der Waals surface area contributed by atoms with Crippen molar-refractivity contribution in [2.75, 3.05) is 26.2 Å². The van der Waals surface area contributed by atoms with Gasteiger partial charge in [-0.2, -0.15) is 0 Å². The highest BCUT2D eigenvalue weighted by molar-refractivity contribution is 5.83. The van der Waals surface area contributed by atoms with Crippen LogP contribution in [0.15, 0.2) is 0 Å². The number of nitrogens with zero attached hydrogens (tertiary/aromatic N) is 1. The van der Waals surface area contributed by atoms with Gasteiger partial charge in [-0.05, 0) is 39.7 Å². The fourth-order valence-electron chi connectivity index (χ4n) is 2.92. The van der Waals surface area contributed by atoms with Crippen LogP contribution in [0, 0.1) is 5.41 Å². The summed E-state index contributed by atoms with van der Waals surface area (Å²) in [5.74, 6) is 0.325. The molecule has 2 amide bonds. The van der Waals surface area contributed by atoms with Gasteiger partial charge in [-0.3, -0.25) is 9.59 Å². The second kappa shape index (κ2) is 5.90. The SMILES string of the molecule is CC(CN1CCCC1=O)NC(=O)C1(C)CCCNC1. The third-order valence-electron chi connectivity index (χ3n) is 4.19. The maximum atomic E-state index is 12.3. The van der Waals surface area contributed by atoms with Crippen molar-refractivity contribution in [3.8, 4) is 0 Å². The molecule has 2 heterocycles. The zero-order chi connectivity index (χ0) is 13.9. The Morgan fingerprint density at radius 3 is 2.89 bits per heavy atom. The Morgan fingerprint density at radius 2 is 2.32 bits per heavy atom. The smallest absolute Gasteiger partial charge is 0.227 e. The molecule has 0 aliphatic carbocycles. The van der Waals surface area contributed by atoms with E-state index < -0.39 is 0 Å². The molecule has 0 spiro atoms. The van der Waals surface area contributed by atoms with Crippen LogP contribution in [0.2, 0.25) is 0 Å². The van der Waals surface area contributed by atoms with Crippen LogP contribution in [0.4, 0.5) is 0 Å². The fraction of sp³-hybridized carbons (Fsp3) is 0.857.